The number of rotatable bonds is 2. The molecule has 20 heavy (non-hydrogen) atoms. The van der Waals surface area contributed by atoms with Gasteiger partial charge < -0.3 is 4.74 Å². The normalized spacial score (nSPS) is 9.50. The second-order valence-electron chi connectivity index (χ2n) is 3.87. The average Bonchev–Trinajstić information content (AvgIpc) is 2.44. The summed E-state index contributed by atoms with van der Waals surface area (Å²) in [5, 5.41) is 0. The summed E-state index contributed by atoms with van der Waals surface area (Å²) in [7, 11) is 0. The van der Waals surface area contributed by atoms with Crippen LogP contribution in [0.5, 0.6) is 0 Å². The van der Waals surface area contributed by atoms with E-state index in [1.807, 2.05) is 30.3 Å². The number of ether oxygens (including phenoxy) is 1. The van der Waals surface area contributed by atoms with Gasteiger partial charge in [-0.25, -0.2) is 9.18 Å². The number of carbonyl (C=O) groups is 1. The van der Waals surface area contributed by atoms with E-state index >= 15 is 0 Å². The molecule has 0 bridgehead atoms. The minimum atomic E-state index is -0.725. The van der Waals surface area contributed by atoms with E-state index in [0.717, 1.165) is 5.56 Å². The molecule has 2 aromatic carbocycles. The Labute approximate surface area is 124 Å². The van der Waals surface area contributed by atoms with Gasteiger partial charge >= 0.3 is 5.97 Å². The molecule has 0 saturated heterocycles. The molecule has 0 aliphatic rings. The molecule has 0 unspecified atom stereocenters. The molecule has 4 heteroatoms. The molecule has 0 aliphatic heterocycles. The van der Waals surface area contributed by atoms with Crippen LogP contribution >= 0.6 is 15.9 Å². The smallest absolute Gasteiger partial charge is 0.342 e. The van der Waals surface area contributed by atoms with Crippen molar-refractivity contribution in [2.75, 3.05) is 6.61 Å². The Kier molecular flexibility index (Phi) is 4.91. The molecule has 0 N–H and O–H groups in total. The minimum Gasteiger partial charge on any atom is -0.449 e. The lowest BCUT2D eigenvalue weighted by Gasteiger charge is -2.02. The second-order valence-corrected chi connectivity index (χ2v) is 4.78. The number of hydrogen-bond acceptors (Lipinski definition) is 2. The van der Waals surface area contributed by atoms with Crippen LogP contribution in [0.15, 0.2) is 53.0 Å². The van der Waals surface area contributed by atoms with Gasteiger partial charge in [-0.2, -0.15) is 0 Å². The van der Waals surface area contributed by atoms with Crippen LogP contribution in [0.1, 0.15) is 15.9 Å². The van der Waals surface area contributed by atoms with Crippen LogP contribution in [0.3, 0.4) is 0 Å². The predicted molar refractivity (Wildman–Crippen MR) is 77.7 cm³/mol. The van der Waals surface area contributed by atoms with Crippen molar-refractivity contribution in [2.24, 2.45) is 0 Å². The van der Waals surface area contributed by atoms with Crippen molar-refractivity contribution in [1.82, 2.24) is 0 Å². The van der Waals surface area contributed by atoms with Gasteiger partial charge in [-0.05, 0) is 30.3 Å². The van der Waals surface area contributed by atoms with Crippen molar-refractivity contribution in [3.63, 3.8) is 0 Å². The number of hydrogen-bond donors (Lipinski definition) is 0. The quantitative estimate of drug-likeness (QED) is 0.617. The zero-order valence-electron chi connectivity index (χ0n) is 10.4. The minimum absolute atomic E-state index is 0.0801. The Morgan fingerprint density at radius 3 is 2.65 bits per heavy atom. The molecule has 0 radical (unpaired) electrons. The van der Waals surface area contributed by atoms with Gasteiger partial charge in [0.25, 0.3) is 0 Å². The highest BCUT2D eigenvalue weighted by molar-refractivity contribution is 9.10. The summed E-state index contributed by atoms with van der Waals surface area (Å²) in [5.74, 6) is 4.21. The molecule has 0 saturated carbocycles. The molecule has 0 fully saturated rings. The molecular weight excluding hydrogens is 323 g/mol. The van der Waals surface area contributed by atoms with Gasteiger partial charge in [-0.15, -0.1) is 0 Å². The van der Waals surface area contributed by atoms with Gasteiger partial charge in [0.2, 0.25) is 0 Å². The molecule has 0 heterocycles. The van der Waals surface area contributed by atoms with Gasteiger partial charge in [-0.3, -0.25) is 0 Å². The maximum Gasteiger partial charge on any atom is 0.342 e. The summed E-state index contributed by atoms with van der Waals surface area (Å²) >= 11 is 3.12. The largest absolute Gasteiger partial charge is 0.449 e. The maximum atomic E-state index is 13.5. The first-order chi connectivity index (χ1) is 9.66. The zero-order valence-corrected chi connectivity index (χ0v) is 12.0. The summed E-state index contributed by atoms with van der Waals surface area (Å²) in [6, 6.07) is 13.5. The monoisotopic (exact) mass is 332 g/mol. The summed E-state index contributed by atoms with van der Waals surface area (Å²) in [6.07, 6.45) is 0. The summed E-state index contributed by atoms with van der Waals surface area (Å²) in [4.78, 5) is 11.6. The van der Waals surface area contributed by atoms with Crippen LogP contribution in [0, 0.1) is 17.7 Å². The van der Waals surface area contributed by atoms with E-state index in [-0.39, 0.29) is 12.2 Å². The van der Waals surface area contributed by atoms with E-state index < -0.39 is 11.8 Å². The topological polar surface area (TPSA) is 26.3 Å². The fourth-order valence-corrected chi connectivity index (χ4v) is 1.83. The van der Waals surface area contributed by atoms with Gasteiger partial charge in [-0.1, -0.05) is 46.0 Å². The Hall–Kier alpha value is -2.12. The summed E-state index contributed by atoms with van der Waals surface area (Å²) in [6.45, 7) is -0.0801. The molecule has 0 amide bonds. The molecule has 0 aliphatic carbocycles. The number of benzene rings is 2. The molecule has 100 valence electrons. The Morgan fingerprint density at radius 2 is 1.95 bits per heavy atom. The second kappa shape index (κ2) is 6.88. The Bertz CT molecular complexity index is 672. The lowest BCUT2D eigenvalue weighted by Crippen LogP contribution is -2.07. The van der Waals surface area contributed by atoms with Crippen LogP contribution in [0.2, 0.25) is 0 Å². The highest BCUT2D eigenvalue weighted by Crippen LogP contribution is 2.15. The molecule has 0 atom stereocenters. The van der Waals surface area contributed by atoms with Crippen LogP contribution in [0.4, 0.5) is 4.39 Å². The van der Waals surface area contributed by atoms with Crippen molar-refractivity contribution in [3.8, 4) is 11.8 Å². The van der Waals surface area contributed by atoms with E-state index in [2.05, 4.69) is 27.8 Å². The van der Waals surface area contributed by atoms with Gasteiger partial charge in [0.15, 0.2) is 6.61 Å². The van der Waals surface area contributed by atoms with E-state index in [9.17, 15) is 9.18 Å². The van der Waals surface area contributed by atoms with E-state index in [0.29, 0.717) is 4.47 Å². The Balaban J connectivity index is 1.95. The van der Waals surface area contributed by atoms with Gasteiger partial charge in [0.05, 0.1) is 5.56 Å². The molecule has 2 rings (SSSR count). The Morgan fingerprint density at radius 1 is 1.20 bits per heavy atom. The fourth-order valence-electron chi connectivity index (χ4n) is 1.49. The van der Waals surface area contributed by atoms with Crippen molar-refractivity contribution in [1.29, 1.82) is 0 Å². The van der Waals surface area contributed by atoms with Crippen molar-refractivity contribution < 1.29 is 13.9 Å². The van der Waals surface area contributed by atoms with Crippen molar-refractivity contribution >= 4 is 21.9 Å². The fraction of sp³-hybridized carbons (Fsp3) is 0.0625. The highest BCUT2D eigenvalue weighted by Gasteiger charge is 2.12. The maximum absolute atomic E-state index is 13.5. The number of halogens is 2. The molecule has 0 aromatic heterocycles. The molecule has 2 nitrogen and oxygen atoms in total. The van der Waals surface area contributed by atoms with Crippen molar-refractivity contribution in [2.45, 2.75) is 0 Å². The van der Waals surface area contributed by atoms with Crippen LogP contribution in [0.25, 0.3) is 0 Å². The lowest BCUT2D eigenvalue weighted by molar-refractivity contribution is 0.0551. The lowest BCUT2D eigenvalue weighted by atomic mass is 10.2. The third-order valence-electron chi connectivity index (χ3n) is 2.43. The summed E-state index contributed by atoms with van der Waals surface area (Å²) < 4.78 is 19.0. The average molecular weight is 333 g/mol. The molecular formula is C16H10BrFO2. The SMILES string of the molecule is O=C(OCC#Cc1ccccc1)c1ccc(Br)cc1F. The van der Waals surface area contributed by atoms with Gasteiger partial charge in [0.1, 0.15) is 5.82 Å². The van der Waals surface area contributed by atoms with Crippen molar-refractivity contribution in [3.05, 3.63) is 69.9 Å². The standard InChI is InChI=1S/C16H10BrFO2/c17-13-8-9-14(15(18)11-13)16(19)20-10-4-7-12-5-2-1-3-6-12/h1-3,5-6,8-9,11H,10H2. The van der Waals surface area contributed by atoms with Crippen LogP contribution in [-0.4, -0.2) is 12.6 Å². The zero-order chi connectivity index (χ0) is 14.4. The number of esters is 1. The molecule has 2 aromatic rings. The third kappa shape index (κ3) is 3.94. The van der Waals surface area contributed by atoms with E-state index in [1.54, 1.807) is 6.07 Å². The first-order valence-electron chi connectivity index (χ1n) is 5.83. The van der Waals surface area contributed by atoms with E-state index in [4.69, 9.17) is 4.74 Å². The molecule has 0 spiro atoms. The van der Waals surface area contributed by atoms with Crippen LogP contribution < -0.4 is 0 Å². The van der Waals surface area contributed by atoms with E-state index in [1.165, 1.54) is 12.1 Å². The first kappa shape index (κ1) is 14.3. The highest BCUT2D eigenvalue weighted by atomic mass is 79.9. The van der Waals surface area contributed by atoms with Crippen LogP contribution in [-0.2, 0) is 4.74 Å². The summed E-state index contributed by atoms with van der Waals surface area (Å²) in [5.41, 5.74) is 0.730. The first-order valence-corrected chi connectivity index (χ1v) is 6.62. The third-order valence-corrected chi connectivity index (χ3v) is 2.93. The predicted octanol–water partition coefficient (Wildman–Crippen LogP) is 3.80. The van der Waals surface area contributed by atoms with Gasteiger partial charge in [0, 0.05) is 10.0 Å². The number of carbonyl (C=O) groups excluding carboxylic acids is 1.